The summed E-state index contributed by atoms with van der Waals surface area (Å²) in [6.45, 7) is 1.91. The van der Waals surface area contributed by atoms with Crippen LogP contribution in [0.1, 0.15) is 12.5 Å². The van der Waals surface area contributed by atoms with Gasteiger partial charge in [-0.1, -0.05) is 49.0 Å². The van der Waals surface area contributed by atoms with Crippen molar-refractivity contribution in [1.82, 2.24) is 0 Å². The van der Waals surface area contributed by atoms with Crippen molar-refractivity contribution in [2.75, 3.05) is 0 Å². The van der Waals surface area contributed by atoms with Gasteiger partial charge in [-0.05, 0) is 18.0 Å². The molecule has 1 rings (SSSR count). The molecule has 0 aliphatic heterocycles. The van der Waals surface area contributed by atoms with E-state index in [1.165, 1.54) is 5.56 Å². The largest absolute Gasteiger partial charge is 0.313 e. The summed E-state index contributed by atoms with van der Waals surface area (Å²) in [5.41, 5.74) is 3.02. The molecular weight excluding hydrogens is 179 g/mol. The van der Waals surface area contributed by atoms with Crippen LogP contribution >= 0.6 is 0 Å². The Morgan fingerprint density at radius 3 is 2.62 bits per heavy atom. The zero-order valence-electron chi connectivity index (χ0n) is 7.91. The summed E-state index contributed by atoms with van der Waals surface area (Å²) in [6.07, 6.45) is 2.81. The average Bonchev–Trinajstić information content (AvgIpc) is 2.19. The minimum absolute atomic E-state index is 0.700. The highest BCUT2D eigenvalue weighted by molar-refractivity contribution is 6.56. The van der Waals surface area contributed by atoms with Crippen LogP contribution in [0.5, 0.6) is 0 Å². The van der Waals surface area contributed by atoms with Gasteiger partial charge in [0.2, 0.25) is 0 Å². The maximum Gasteiger partial charge on any atom is 0.255 e. The molecule has 1 unspecified atom stereocenters. The van der Waals surface area contributed by atoms with Crippen LogP contribution in [-0.4, -0.2) is 9.13 Å². The Kier molecular flexibility index (Phi) is 4.47. The van der Waals surface area contributed by atoms with E-state index in [0.29, 0.717) is 6.04 Å². The fraction of sp³-hybridized carbons (Fsp3) is 0.273. The van der Waals surface area contributed by atoms with Crippen LogP contribution in [0.4, 0.5) is 4.11 Å². The molecule has 0 nitrogen and oxygen atoms in total. The van der Waals surface area contributed by atoms with Crippen LogP contribution in [0.15, 0.2) is 42.1 Å². The Morgan fingerprint density at radius 1 is 1.31 bits per heavy atom. The van der Waals surface area contributed by atoms with Crippen molar-refractivity contribution in [2.24, 2.45) is 0 Å². The van der Waals surface area contributed by atoms with E-state index >= 15 is 0 Å². The van der Waals surface area contributed by atoms with Gasteiger partial charge >= 0.3 is 0 Å². The molecule has 0 aliphatic rings. The third-order valence-electron chi connectivity index (χ3n) is 1.93. The second kappa shape index (κ2) is 5.70. The zero-order valence-corrected chi connectivity index (χ0v) is 9.07. The first-order chi connectivity index (χ1) is 6.33. The second-order valence-corrected chi connectivity index (χ2v) is 5.28. The quantitative estimate of drug-likeness (QED) is 0.510. The standard InChI is InChI=1S/C11H15FSi/c1-2-13(12)10-6-9-11-7-4-3-5-8-11/h3-8,10,13H,2,9H2,1H3. The highest BCUT2D eigenvalue weighted by Crippen LogP contribution is 2.01. The summed E-state index contributed by atoms with van der Waals surface area (Å²) in [4.78, 5) is 0. The van der Waals surface area contributed by atoms with Crippen molar-refractivity contribution >= 4 is 9.13 Å². The molecule has 0 fully saturated rings. The first-order valence-corrected chi connectivity index (χ1v) is 6.59. The van der Waals surface area contributed by atoms with E-state index in [2.05, 4.69) is 12.1 Å². The van der Waals surface area contributed by atoms with Crippen LogP contribution in [0.3, 0.4) is 0 Å². The van der Waals surface area contributed by atoms with E-state index in [-0.39, 0.29) is 0 Å². The van der Waals surface area contributed by atoms with Crippen molar-refractivity contribution in [1.29, 1.82) is 0 Å². The van der Waals surface area contributed by atoms with Crippen LogP contribution in [0.25, 0.3) is 0 Å². The molecule has 0 heterocycles. The predicted octanol–water partition coefficient (Wildman–Crippen LogP) is 3.04. The SMILES string of the molecule is CC[SiH](F)C=CCc1ccccc1. The molecule has 0 spiro atoms. The molecule has 0 amide bonds. The minimum Gasteiger partial charge on any atom is -0.313 e. The van der Waals surface area contributed by atoms with Gasteiger partial charge in [0.15, 0.2) is 0 Å². The van der Waals surface area contributed by atoms with Crippen LogP contribution in [0.2, 0.25) is 6.04 Å². The molecule has 0 aromatic heterocycles. The van der Waals surface area contributed by atoms with E-state index in [1.807, 2.05) is 31.2 Å². The fourth-order valence-corrected chi connectivity index (χ4v) is 1.81. The second-order valence-electron chi connectivity index (χ2n) is 3.04. The molecule has 2 heteroatoms. The Balaban J connectivity index is 2.39. The Hall–Kier alpha value is -0.893. The van der Waals surface area contributed by atoms with E-state index < -0.39 is 9.13 Å². The van der Waals surface area contributed by atoms with E-state index in [9.17, 15) is 4.11 Å². The van der Waals surface area contributed by atoms with Crippen molar-refractivity contribution in [3.05, 3.63) is 47.7 Å². The highest BCUT2D eigenvalue weighted by atomic mass is 28.3. The van der Waals surface area contributed by atoms with E-state index in [4.69, 9.17) is 0 Å². The fourth-order valence-electron chi connectivity index (χ4n) is 1.10. The normalized spacial score (nSPS) is 13.4. The predicted molar refractivity (Wildman–Crippen MR) is 58.0 cm³/mol. The van der Waals surface area contributed by atoms with E-state index in [1.54, 1.807) is 5.70 Å². The molecule has 1 atom stereocenters. The summed E-state index contributed by atoms with van der Waals surface area (Å²) in [6, 6.07) is 10.8. The lowest BCUT2D eigenvalue weighted by atomic mass is 10.2. The molecule has 0 N–H and O–H groups in total. The third kappa shape index (κ3) is 4.04. The van der Waals surface area contributed by atoms with Crippen molar-refractivity contribution in [3.8, 4) is 0 Å². The van der Waals surface area contributed by atoms with Crippen LogP contribution in [0, 0.1) is 0 Å². The molecule has 70 valence electrons. The highest BCUT2D eigenvalue weighted by Gasteiger charge is 1.98. The molecule has 0 saturated carbocycles. The lowest BCUT2D eigenvalue weighted by Crippen LogP contribution is -1.97. The number of halogens is 1. The number of rotatable bonds is 4. The monoisotopic (exact) mass is 194 g/mol. The Bertz CT molecular complexity index is 256. The lowest BCUT2D eigenvalue weighted by Gasteiger charge is -1.95. The third-order valence-corrected chi connectivity index (χ3v) is 3.40. The molecule has 0 bridgehead atoms. The molecule has 1 aromatic rings. The molecule has 0 saturated heterocycles. The van der Waals surface area contributed by atoms with Gasteiger partial charge < -0.3 is 4.11 Å². The molecule has 1 aromatic carbocycles. The topological polar surface area (TPSA) is 0 Å². The maximum atomic E-state index is 12.9. The number of hydrogen-bond acceptors (Lipinski definition) is 0. The van der Waals surface area contributed by atoms with Gasteiger partial charge in [0.1, 0.15) is 0 Å². The van der Waals surface area contributed by atoms with Crippen molar-refractivity contribution in [3.63, 3.8) is 0 Å². The number of hydrogen-bond donors (Lipinski definition) is 0. The molecular formula is C11H15FSi. The van der Waals surface area contributed by atoms with Gasteiger partial charge in [0.05, 0.1) is 0 Å². The van der Waals surface area contributed by atoms with Gasteiger partial charge in [0.25, 0.3) is 9.13 Å². The molecule has 0 aliphatic carbocycles. The Morgan fingerprint density at radius 2 is 2.00 bits per heavy atom. The summed E-state index contributed by atoms with van der Waals surface area (Å²) in [5, 5.41) is 0. The summed E-state index contributed by atoms with van der Waals surface area (Å²) in [7, 11) is -2.00. The van der Waals surface area contributed by atoms with Gasteiger partial charge in [-0.2, -0.15) is 0 Å². The van der Waals surface area contributed by atoms with Crippen LogP contribution in [-0.2, 0) is 6.42 Å². The van der Waals surface area contributed by atoms with Gasteiger partial charge in [0, 0.05) is 0 Å². The smallest absolute Gasteiger partial charge is 0.255 e. The summed E-state index contributed by atoms with van der Waals surface area (Å²) < 4.78 is 12.9. The number of allylic oxidation sites excluding steroid dienone is 1. The Labute approximate surface area is 80.9 Å². The van der Waals surface area contributed by atoms with Crippen molar-refractivity contribution in [2.45, 2.75) is 19.4 Å². The minimum atomic E-state index is -2.00. The van der Waals surface area contributed by atoms with Gasteiger partial charge in [-0.25, -0.2) is 0 Å². The number of benzene rings is 1. The summed E-state index contributed by atoms with van der Waals surface area (Å²) >= 11 is 0. The first kappa shape index (κ1) is 10.2. The molecule has 0 radical (unpaired) electrons. The maximum absolute atomic E-state index is 12.9. The average molecular weight is 194 g/mol. The summed E-state index contributed by atoms with van der Waals surface area (Å²) in [5.74, 6) is 0. The van der Waals surface area contributed by atoms with Crippen molar-refractivity contribution < 1.29 is 4.11 Å². The van der Waals surface area contributed by atoms with Crippen LogP contribution < -0.4 is 0 Å². The first-order valence-electron chi connectivity index (χ1n) is 4.67. The lowest BCUT2D eigenvalue weighted by molar-refractivity contribution is 0.838. The van der Waals surface area contributed by atoms with E-state index in [0.717, 1.165) is 6.42 Å². The van der Waals surface area contributed by atoms with Gasteiger partial charge in [-0.15, -0.1) is 0 Å². The molecule has 13 heavy (non-hydrogen) atoms. The zero-order chi connectivity index (χ0) is 9.52. The van der Waals surface area contributed by atoms with Gasteiger partial charge in [-0.3, -0.25) is 0 Å².